The molecule has 2 N–H and O–H groups in total. The molecule has 5 heteroatoms. The van der Waals surface area contributed by atoms with Crippen LogP contribution >= 0.6 is 0 Å². The lowest BCUT2D eigenvalue weighted by Crippen LogP contribution is -2.35. The molecule has 1 unspecified atom stereocenters. The minimum atomic E-state index is -1.47. The van der Waals surface area contributed by atoms with Gasteiger partial charge in [0.05, 0.1) is 6.54 Å². The minimum absolute atomic E-state index is 0.0506. The third-order valence-corrected chi connectivity index (χ3v) is 5.76. The maximum atomic E-state index is 12.4. The fourth-order valence-corrected chi connectivity index (χ4v) is 3.74. The molecule has 1 rings (SSSR count). The number of aryl methyl sites for hydroxylation is 2. The number of Topliss-reactive ketones (excluding diaryl/α,β-unsaturated/α-hetero) is 1. The average molecular weight is 405 g/mol. The first-order valence-corrected chi connectivity index (χ1v) is 11.1. The standard InChI is InChI=1S/C24H40N2O3/c1-7-10-11-12-13-14-24(29,20(6)27)21-15-18(4)23(19(5)16-21)25-22(28)17-26(8-2)9-3/h15-16,29H,7-14,17H2,1-6H3,(H,25,28). The van der Waals surface area contributed by atoms with Gasteiger partial charge in [-0.2, -0.15) is 0 Å². The van der Waals surface area contributed by atoms with Gasteiger partial charge in [0.25, 0.3) is 0 Å². The summed E-state index contributed by atoms with van der Waals surface area (Å²) in [5, 5.41) is 14.2. The van der Waals surface area contributed by atoms with Gasteiger partial charge in [0.15, 0.2) is 5.78 Å². The van der Waals surface area contributed by atoms with Gasteiger partial charge in [0, 0.05) is 5.69 Å². The highest BCUT2D eigenvalue weighted by Gasteiger charge is 2.34. The van der Waals surface area contributed by atoms with Crippen LogP contribution in [0.25, 0.3) is 0 Å². The summed E-state index contributed by atoms with van der Waals surface area (Å²) in [6.45, 7) is 13.5. The molecule has 1 aromatic rings. The van der Waals surface area contributed by atoms with Crippen LogP contribution in [0.4, 0.5) is 5.69 Å². The van der Waals surface area contributed by atoms with Crippen molar-refractivity contribution in [3.63, 3.8) is 0 Å². The van der Waals surface area contributed by atoms with E-state index in [0.29, 0.717) is 18.5 Å². The number of nitrogens with one attached hydrogen (secondary N) is 1. The Morgan fingerprint density at radius 2 is 1.55 bits per heavy atom. The van der Waals surface area contributed by atoms with Crippen LogP contribution in [0.2, 0.25) is 0 Å². The monoisotopic (exact) mass is 404 g/mol. The number of hydrogen-bond donors (Lipinski definition) is 2. The number of carbonyl (C=O) groups excluding carboxylic acids is 2. The Bertz CT molecular complexity index is 660. The zero-order valence-electron chi connectivity index (χ0n) is 19.2. The Kier molecular flexibility index (Phi) is 10.5. The molecule has 0 saturated carbocycles. The van der Waals surface area contributed by atoms with E-state index in [9.17, 15) is 14.7 Å². The maximum absolute atomic E-state index is 12.4. The van der Waals surface area contributed by atoms with E-state index in [2.05, 4.69) is 17.1 Å². The molecule has 0 aliphatic carbocycles. The number of amides is 1. The van der Waals surface area contributed by atoms with E-state index in [1.54, 1.807) is 0 Å². The Hall–Kier alpha value is -1.72. The van der Waals surface area contributed by atoms with Crippen LogP contribution in [-0.2, 0) is 15.2 Å². The molecular weight excluding hydrogens is 364 g/mol. The summed E-state index contributed by atoms with van der Waals surface area (Å²) < 4.78 is 0. The zero-order valence-corrected chi connectivity index (χ0v) is 19.2. The summed E-state index contributed by atoms with van der Waals surface area (Å²) in [6, 6.07) is 3.68. The SMILES string of the molecule is CCCCCCCC(O)(C(C)=O)c1cc(C)c(NC(=O)CN(CC)CC)c(C)c1. The number of aliphatic hydroxyl groups is 1. The number of carbonyl (C=O) groups is 2. The summed E-state index contributed by atoms with van der Waals surface area (Å²) in [7, 11) is 0. The second kappa shape index (κ2) is 12.1. The fourth-order valence-electron chi connectivity index (χ4n) is 3.74. The summed E-state index contributed by atoms with van der Waals surface area (Å²) in [6.07, 6.45) is 5.73. The number of unbranched alkanes of at least 4 members (excludes halogenated alkanes) is 4. The smallest absolute Gasteiger partial charge is 0.238 e. The molecule has 0 saturated heterocycles. The number of nitrogens with zero attached hydrogens (tertiary/aromatic N) is 1. The highest BCUT2D eigenvalue weighted by Crippen LogP contribution is 2.33. The maximum Gasteiger partial charge on any atom is 0.238 e. The first-order valence-electron chi connectivity index (χ1n) is 11.1. The number of anilines is 1. The van der Waals surface area contributed by atoms with Crippen LogP contribution in [0.1, 0.15) is 82.9 Å². The molecule has 0 spiro atoms. The second-order valence-electron chi connectivity index (χ2n) is 8.08. The first kappa shape index (κ1) is 25.3. The van der Waals surface area contributed by atoms with E-state index < -0.39 is 5.60 Å². The van der Waals surface area contributed by atoms with Crippen LogP contribution < -0.4 is 5.32 Å². The molecule has 0 fully saturated rings. The molecular formula is C24H40N2O3. The Morgan fingerprint density at radius 3 is 2.03 bits per heavy atom. The molecule has 1 atom stereocenters. The summed E-state index contributed by atoms with van der Waals surface area (Å²) in [5.41, 5.74) is 1.64. The average Bonchev–Trinajstić information content (AvgIpc) is 2.68. The van der Waals surface area contributed by atoms with Gasteiger partial charge in [0.1, 0.15) is 5.60 Å². The van der Waals surface area contributed by atoms with Gasteiger partial charge >= 0.3 is 0 Å². The van der Waals surface area contributed by atoms with Crippen molar-refractivity contribution in [2.45, 2.75) is 85.7 Å². The van der Waals surface area contributed by atoms with E-state index in [1.165, 1.54) is 13.3 Å². The van der Waals surface area contributed by atoms with Crippen LogP contribution in [0.5, 0.6) is 0 Å². The third-order valence-electron chi connectivity index (χ3n) is 5.76. The van der Waals surface area contributed by atoms with Crippen molar-refractivity contribution < 1.29 is 14.7 Å². The van der Waals surface area contributed by atoms with Crippen LogP contribution in [-0.4, -0.2) is 41.3 Å². The van der Waals surface area contributed by atoms with Crippen molar-refractivity contribution in [2.75, 3.05) is 25.0 Å². The van der Waals surface area contributed by atoms with Gasteiger partial charge in [-0.15, -0.1) is 0 Å². The molecule has 1 amide bonds. The number of rotatable bonds is 13. The predicted molar refractivity (Wildman–Crippen MR) is 120 cm³/mol. The van der Waals surface area contributed by atoms with Crippen LogP contribution in [0, 0.1) is 13.8 Å². The number of hydrogen-bond acceptors (Lipinski definition) is 4. The van der Waals surface area contributed by atoms with Gasteiger partial charge in [0.2, 0.25) is 5.91 Å². The Balaban J connectivity index is 2.99. The Labute approximate surface area is 176 Å². The van der Waals surface area contributed by atoms with Crippen molar-refractivity contribution in [1.29, 1.82) is 0 Å². The van der Waals surface area contributed by atoms with Gasteiger partial charge in [-0.1, -0.05) is 58.6 Å². The molecule has 5 nitrogen and oxygen atoms in total. The second-order valence-corrected chi connectivity index (χ2v) is 8.08. The molecule has 1 aromatic carbocycles. The highest BCUT2D eigenvalue weighted by atomic mass is 16.3. The van der Waals surface area contributed by atoms with Gasteiger partial charge < -0.3 is 10.4 Å². The summed E-state index contributed by atoms with van der Waals surface area (Å²) in [5.74, 6) is -0.282. The molecule has 29 heavy (non-hydrogen) atoms. The van der Waals surface area contributed by atoms with E-state index in [4.69, 9.17) is 0 Å². The first-order chi connectivity index (χ1) is 13.7. The lowest BCUT2D eigenvalue weighted by molar-refractivity contribution is -0.137. The van der Waals surface area contributed by atoms with E-state index in [1.807, 2.05) is 39.8 Å². The lowest BCUT2D eigenvalue weighted by Gasteiger charge is -2.28. The summed E-state index contributed by atoms with van der Waals surface area (Å²) >= 11 is 0. The fraction of sp³-hybridized carbons (Fsp3) is 0.667. The third kappa shape index (κ3) is 7.23. The molecule has 0 aromatic heterocycles. The van der Waals surface area contributed by atoms with Crippen LogP contribution in [0.15, 0.2) is 12.1 Å². The van der Waals surface area contributed by atoms with Gasteiger partial charge in [-0.25, -0.2) is 0 Å². The van der Waals surface area contributed by atoms with E-state index >= 15 is 0 Å². The molecule has 0 radical (unpaired) electrons. The number of benzene rings is 1. The normalized spacial score (nSPS) is 13.4. The van der Waals surface area contributed by atoms with Gasteiger partial charge in [-0.05, 0) is 63.4 Å². The zero-order chi connectivity index (χ0) is 22.0. The number of ketones is 1. The molecule has 0 bridgehead atoms. The minimum Gasteiger partial charge on any atom is -0.377 e. The molecule has 0 aliphatic heterocycles. The quantitative estimate of drug-likeness (QED) is 0.467. The predicted octanol–water partition coefficient (Wildman–Crippen LogP) is 4.72. The van der Waals surface area contributed by atoms with E-state index in [-0.39, 0.29) is 11.7 Å². The lowest BCUT2D eigenvalue weighted by atomic mass is 9.83. The molecule has 0 heterocycles. The largest absolute Gasteiger partial charge is 0.377 e. The molecule has 0 aliphatic rings. The highest BCUT2D eigenvalue weighted by molar-refractivity contribution is 5.94. The van der Waals surface area contributed by atoms with Crippen molar-refractivity contribution in [3.05, 3.63) is 28.8 Å². The topological polar surface area (TPSA) is 69.6 Å². The van der Waals surface area contributed by atoms with E-state index in [0.717, 1.165) is 55.6 Å². The number of likely N-dealkylation sites (N-methyl/N-ethyl adjacent to an activating group) is 1. The molecule has 164 valence electrons. The summed E-state index contributed by atoms with van der Waals surface area (Å²) in [4.78, 5) is 26.8. The van der Waals surface area contributed by atoms with Crippen molar-refractivity contribution in [1.82, 2.24) is 4.90 Å². The van der Waals surface area contributed by atoms with Crippen molar-refractivity contribution in [3.8, 4) is 0 Å². The van der Waals surface area contributed by atoms with Gasteiger partial charge in [-0.3, -0.25) is 14.5 Å². The van der Waals surface area contributed by atoms with Crippen molar-refractivity contribution >= 4 is 17.4 Å². The Morgan fingerprint density at radius 1 is 1.00 bits per heavy atom. The van der Waals surface area contributed by atoms with Crippen molar-refractivity contribution in [2.24, 2.45) is 0 Å². The van der Waals surface area contributed by atoms with Crippen LogP contribution in [0.3, 0.4) is 0 Å².